The number of methoxy groups -OCH3 is 1. The van der Waals surface area contributed by atoms with Gasteiger partial charge in [-0.3, -0.25) is 9.59 Å². The average Bonchev–Trinajstić information content (AvgIpc) is 3.08. The molecule has 0 aliphatic heterocycles. The molecule has 2 amide bonds. The fourth-order valence-corrected chi connectivity index (χ4v) is 3.01. The zero-order valence-electron chi connectivity index (χ0n) is 16.3. The minimum absolute atomic E-state index is 0.119. The van der Waals surface area contributed by atoms with Crippen LogP contribution in [0.15, 0.2) is 47.1 Å². The summed E-state index contributed by atoms with van der Waals surface area (Å²) < 4.78 is 10.8. The van der Waals surface area contributed by atoms with Crippen LogP contribution in [0.25, 0.3) is 11.0 Å². The molecule has 0 aliphatic rings. The van der Waals surface area contributed by atoms with Gasteiger partial charge in [-0.2, -0.15) is 0 Å². The van der Waals surface area contributed by atoms with Crippen LogP contribution in [0.1, 0.15) is 23.6 Å². The molecule has 0 spiro atoms. The van der Waals surface area contributed by atoms with Gasteiger partial charge in [0, 0.05) is 10.9 Å². The van der Waals surface area contributed by atoms with Crippen molar-refractivity contribution in [1.29, 1.82) is 0 Å². The molecular formula is C22H24N2O4. The lowest BCUT2D eigenvalue weighted by Gasteiger charge is -2.11. The maximum absolute atomic E-state index is 12.3. The molecule has 1 aromatic heterocycles. The molecule has 6 heteroatoms. The van der Waals surface area contributed by atoms with E-state index in [1.807, 2.05) is 37.3 Å². The number of amides is 2. The van der Waals surface area contributed by atoms with Gasteiger partial charge in [-0.1, -0.05) is 25.1 Å². The first-order valence-corrected chi connectivity index (χ1v) is 9.20. The summed E-state index contributed by atoms with van der Waals surface area (Å²) in [4.78, 5) is 24.4. The normalized spacial score (nSPS) is 10.7. The lowest BCUT2D eigenvalue weighted by molar-refractivity contribution is -0.123. The van der Waals surface area contributed by atoms with Crippen LogP contribution in [0, 0.1) is 6.92 Å². The number of aryl methyl sites for hydroxylation is 2. The molecule has 3 aromatic rings. The summed E-state index contributed by atoms with van der Waals surface area (Å²) in [6.07, 6.45) is 2.67. The summed E-state index contributed by atoms with van der Waals surface area (Å²) in [6, 6.07) is 11.5. The monoisotopic (exact) mass is 380 g/mol. The third kappa shape index (κ3) is 4.52. The van der Waals surface area contributed by atoms with Crippen LogP contribution in [0.5, 0.6) is 5.75 Å². The van der Waals surface area contributed by atoms with Gasteiger partial charge in [0.15, 0.2) is 0 Å². The average molecular weight is 380 g/mol. The largest absolute Gasteiger partial charge is 0.495 e. The second-order valence-corrected chi connectivity index (χ2v) is 6.65. The van der Waals surface area contributed by atoms with Crippen molar-refractivity contribution in [2.75, 3.05) is 19.0 Å². The Morgan fingerprint density at radius 2 is 1.93 bits per heavy atom. The zero-order chi connectivity index (χ0) is 20.1. The SMILES string of the molecule is CCc1ccc2c(CC(=O)NCC(=O)Nc3cc(C)ccc3OC)coc2c1. The second kappa shape index (κ2) is 8.61. The van der Waals surface area contributed by atoms with Crippen molar-refractivity contribution in [3.05, 3.63) is 59.4 Å². The van der Waals surface area contributed by atoms with Gasteiger partial charge in [0.05, 0.1) is 32.0 Å². The molecule has 6 nitrogen and oxygen atoms in total. The van der Waals surface area contributed by atoms with Crippen LogP contribution in [-0.2, 0) is 22.4 Å². The van der Waals surface area contributed by atoms with Crippen molar-refractivity contribution in [3.8, 4) is 5.75 Å². The maximum atomic E-state index is 12.3. The van der Waals surface area contributed by atoms with Gasteiger partial charge >= 0.3 is 0 Å². The van der Waals surface area contributed by atoms with Crippen LogP contribution >= 0.6 is 0 Å². The predicted molar refractivity (Wildman–Crippen MR) is 109 cm³/mol. The number of carbonyl (C=O) groups is 2. The summed E-state index contributed by atoms with van der Waals surface area (Å²) in [7, 11) is 1.54. The lowest BCUT2D eigenvalue weighted by Crippen LogP contribution is -2.33. The first-order valence-electron chi connectivity index (χ1n) is 9.20. The molecule has 0 fully saturated rings. The Labute approximate surface area is 163 Å². The highest BCUT2D eigenvalue weighted by Gasteiger charge is 2.13. The standard InChI is InChI=1S/C22H24N2O4/c1-4-15-6-7-17-16(13-28-20(17)10-15)11-21(25)23-12-22(26)24-18-9-14(2)5-8-19(18)27-3/h5-10,13H,4,11-12H2,1-3H3,(H,23,25)(H,24,26). The van der Waals surface area contributed by atoms with Crippen LogP contribution in [0.4, 0.5) is 5.69 Å². The van der Waals surface area contributed by atoms with E-state index in [1.165, 1.54) is 5.56 Å². The molecule has 3 rings (SSSR count). The van der Waals surface area contributed by atoms with E-state index >= 15 is 0 Å². The topological polar surface area (TPSA) is 80.6 Å². The zero-order valence-corrected chi connectivity index (χ0v) is 16.3. The predicted octanol–water partition coefficient (Wildman–Crippen LogP) is 3.61. The fourth-order valence-electron chi connectivity index (χ4n) is 3.01. The molecule has 2 aromatic carbocycles. The Balaban J connectivity index is 1.57. The first kappa shape index (κ1) is 19.5. The summed E-state index contributed by atoms with van der Waals surface area (Å²) in [5.41, 5.74) is 4.33. The maximum Gasteiger partial charge on any atom is 0.243 e. The van der Waals surface area contributed by atoms with E-state index in [-0.39, 0.29) is 24.8 Å². The Morgan fingerprint density at radius 1 is 1.11 bits per heavy atom. The number of benzene rings is 2. The summed E-state index contributed by atoms with van der Waals surface area (Å²) >= 11 is 0. The molecule has 0 unspecified atom stereocenters. The molecule has 0 radical (unpaired) electrons. The Morgan fingerprint density at radius 3 is 2.68 bits per heavy atom. The van der Waals surface area contributed by atoms with E-state index in [2.05, 4.69) is 17.6 Å². The Kier molecular flexibility index (Phi) is 5.99. The Hall–Kier alpha value is -3.28. The van der Waals surface area contributed by atoms with Crippen LogP contribution in [0.3, 0.4) is 0 Å². The van der Waals surface area contributed by atoms with Gasteiger partial charge < -0.3 is 19.8 Å². The summed E-state index contributed by atoms with van der Waals surface area (Å²) in [5, 5.41) is 6.33. The lowest BCUT2D eigenvalue weighted by atomic mass is 10.1. The van der Waals surface area contributed by atoms with Gasteiger partial charge in [0.25, 0.3) is 0 Å². The molecule has 0 aliphatic carbocycles. The summed E-state index contributed by atoms with van der Waals surface area (Å²) in [6.45, 7) is 3.89. The van der Waals surface area contributed by atoms with Crippen molar-refractivity contribution in [3.63, 3.8) is 0 Å². The minimum Gasteiger partial charge on any atom is -0.495 e. The number of hydrogen-bond donors (Lipinski definition) is 2. The fraction of sp³-hybridized carbons (Fsp3) is 0.273. The van der Waals surface area contributed by atoms with E-state index in [9.17, 15) is 9.59 Å². The van der Waals surface area contributed by atoms with E-state index in [4.69, 9.17) is 9.15 Å². The van der Waals surface area contributed by atoms with Gasteiger partial charge in [-0.25, -0.2) is 0 Å². The number of ether oxygens (including phenoxy) is 1. The molecule has 1 heterocycles. The third-order valence-electron chi connectivity index (χ3n) is 4.55. The van der Waals surface area contributed by atoms with E-state index in [0.717, 1.165) is 28.5 Å². The number of anilines is 1. The molecular weight excluding hydrogens is 356 g/mol. The molecule has 28 heavy (non-hydrogen) atoms. The van der Waals surface area contributed by atoms with E-state index in [0.29, 0.717) is 11.4 Å². The van der Waals surface area contributed by atoms with Gasteiger partial charge in [0.2, 0.25) is 11.8 Å². The minimum atomic E-state index is -0.318. The highest BCUT2D eigenvalue weighted by atomic mass is 16.5. The molecule has 0 atom stereocenters. The number of nitrogens with one attached hydrogen (secondary N) is 2. The number of carbonyl (C=O) groups excluding carboxylic acids is 2. The molecule has 146 valence electrons. The Bertz CT molecular complexity index is 1010. The van der Waals surface area contributed by atoms with Crippen molar-refractivity contribution < 1.29 is 18.7 Å². The molecule has 2 N–H and O–H groups in total. The van der Waals surface area contributed by atoms with Crippen molar-refractivity contribution >= 4 is 28.5 Å². The van der Waals surface area contributed by atoms with E-state index < -0.39 is 0 Å². The quantitative estimate of drug-likeness (QED) is 0.656. The van der Waals surface area contributed by atoms with Crippen LogP contribution in [0.2, 0.25) is 0 Å². The second-order valence-electron chi connectivity index (χ2n) is 6.65. The van der Waals surface area contributed by atoms with E-state index in [1.54, 1.807) is 19.4 Å². The van der Waals surface area contributed by atoms with Gasteiger partial charge in [-0.05, 0) is 42.7 Å². The van der Waals surface area contributed by atoms with Crippen molar-refractivity contribution in [2.24, 2.45) is 0 Å². The highest BCUT2D eigenvalue weighted by molar-refractivity contribution is 5.96. The highest BCUT2D eigenvalue weighted by Crippen LogP contribution is 2.25. The smallest absolute Gasteiger partial charge is 0.243 e. The van der Waals surface area contributed by atoms with Crippen molar-refractivity contribution in [1.82, 2.24) is 5.32 Å². The number of furan rings is 1. The number of hydrogen-bond acceptors (Lipinski definition) is 4. The number of rotatable bonds is 7. The number of fused-ring (bicyclic) bond motifs is 1. The van der Waals surface area contributed by atoms with Crippen LogP contribution < -0.4 is 15.4 Å². The van der Waals surface area contributed by atoms with Gasteiger partial charge in [0.1, 0.15) is 11.3 Å². The van der Waals surface area contributed by atoms with Gasteiger partial charge in [-0.15, -0.1) is 0 Å². The molecule has 0 bridgehead atoms. The van der Waals surface area contributed by atoms with Crippen molar-refractivity contribution in [2.45, 2.75) is 26.7 Å². The first-order chi connectivity index (χ1) is 13.5. The molecule has 0 saturated heterocycles. The van der Waals surface area contributed by atoms with Crippen LogP contribution in [-0.4, -0.2) is 25.5 Å². The third-order valence-corrected chi connectivity index (χ3v) is 4.55. The molecule has 0 saturated carbocycles. The summed E-state index contributed by atoms with van der Waals surface area (Å²) in [5.74, 6) is 0.0112.